The fourth-order valence-corrected chi connectivity index (χ4v) is 4.19. The van der Waals surface area contributed by atoms with E-state index < -0.39 is 0 Å². The van der Waals surface area contributed by atoms with Gasteiger partial charge in [0.2, 0.25) is 0 Å². The maximum Gasteiger partial charge on any atom is 0.253 e. The SMILES string of the molecule is Cn1cncc1C1CCN(C(=O)c2ccc3noc(-c4ccccc4)c3c2)CC1. The molecule has 1 aliphatic rings. The maximum absolute atomic E-state index is 13.1. The number of likely N-dealkylation sites (tertiary alicyclic amines) is 1. The summed E-state index contributed by atoms with van der Waals surface area (Å²) in [5.41, 5.74) is 3.64. The van der Waals surface area contributed by atoms with E-state index in [-0.39, 0.29) is 5.91 Å². The van der Waals surface area contributed by atoms with Gasteiger partial charge in [0.1, 0.15) is 5.52 Å². The Kier molecular flexibility index (Phi) is 4.39. The van der Waals surface area contributed by atoms with Gasteiger partial charge in [-0.05, 0) is 31.0 Å². The first-order chi connectivity index (χ1) is 14.2. The fourth-order valence-electron chi connectivity index (χ4n) is 4.19. The number of carbonyl (C=O) groups excluding carboxylic acids is 1. The number of fused-ring (bicyclic) bond motifs is 1. The third-order valence-corrected chi connectivity index (χ3v) is 5.81. The van der Waals surface area contributed by atoms with Crippen LogP contribution >= 0.6 is 0 Å². The molecule has 1 amide bonds. The topological polar surface area (TPSA) is 64.2 Å². The molecular weight excluding hydrogens is 364 g/mol. The molecule has 6 heteroatoms. The molecule has 1 saturated heterocycles. The molecule has 0 unspecified atom stereocenters. The van der Waals surface area contributed by atoms with Crippen molar-refractivity contribution in [2.24, 2.45) is 7.05 Å². The van der Waals surface area contributed by atoms with Gasteiger partial charge < -0.3 is 14.0 Å². The molecule has 0 spiro atoms. The van der Waals surface area contributed by atoms with Gasteiger partial charge in [0.25, 0.3) is 5.91 Å². The molecule has 2 aromatic carbocycles. The molecule has 1 aliphatic heterocycles. The van der Waals surface area contributed by atoms with Crippen LogP contribution in [0.3, 0.4) is 0 Å². The molecule has 0 radical (unpaired) electrons. The first-order valence-electron chi connectivity index (χ1n) is 9.91. The lowest BCUT2D eigenvalue weighted by Crippen LogP contribution is -2.38. The number of aryl methyl sites for hydroxylation is 1. The Morgan fingerprint density at radius 1 is 1.10 bits per heavy atom. The molecule has 0 atom stereocenters. The van der Waals surface area contributed by atoms with Crippen LogP contribution in [0.5, 0.6) is 0 Å². The van der Waals surface area contributed by atoms with Crippen molar-refractivity contribution in [1.82, 2.24) is 19.6 Å². The molecule has 5 rings (SSSR count). The van der Waals surface area contributed by atoms with E-state index in [0.717, 1.165) is 42.4 Å². The molecule has 2 aromatic heterocycles. The van der Waals surface area contributed by atoms with Crippen molar-refractivity contribution in [1.29, 1.82) is 0 Å². The van der Waals surface area contributed by atoms with Crippen LogP contribution < -0.4 is 0 Å². The van der Waals surface area contributed by atoms with E-state index in [1.807, 2.05) is 73.0 Å². The second-order valence-electron chi connectivity index (χ2n) is 7.61. The molecule has 0 saturated carbocycles. The van der Waals surface area contributed by atoms with Crippen molar-refractivity contribution in [2.75, 3.05) is 13.1 Å². The van der Waals surface area contributed by atoms with Crippen molar-refractivity contribution in [3.05, 3.63) is 72.3 Å². The lowest BCUT2D eigenvalue weighted by Gasteiger charge is -2.32. The summed E-state index contributed by atoms with van der Waals surface area (Å²) in [6, 6.07) is 15.5. The Bertz CT molecular complexity index is 1150. The summed E-state index contributed by atoms with van der Waals surface area (Å²) in [4.78, 5) is 19.3. The predicted molar refractivity (Wildman–Crippen MR) is 111 cm³/mol. The summed E-state index contributed by atoms with van der Waals surface area (Å²) in [6.45, 7) is 1.50. The zero-order valence-corrected chi connectivity index (χ0v) is 16.3. The minimum atomic E-state index is 0.0653. The van der Waals surface area contributed by atoms with Gasteiger partial charge in [0, 0.05) is 49.1 Å². The second-order valence-corrected chi connectivity index (χ2v) is 7.61. The van der Waals surface area contributed by atoms with Gasteiger partial charge in [-0.25, -0.2) is 4.98 Å². The second kappa shape index (κ2) is 7.20. The number of benzene rings is 2. The molecule has 146 valence electrons. The van der Waals surface area contributed by atoms with Crippen molar-refractivity contribution in [3.8, 4) is 11.3 Å². The summed E-state index contributed by atoms with van der Waals surface area (Å²) in [5, 5.41) is 5.01. The molecule has 0 aliphatic carbocycles. The van der Waals surface area contributed by atoms with Gasteiger partial charge in [-0.3, -0.25) is 4.79 Å². The summed E-state index contributed by atoms with van der Waals surface area (Å²) >= 11 is 0. The van der Waals surface area contributed by atoms with E-state index in [2.05, 4.69) is 14.7 Å². The Labute approximate surface area is 168 Å². The van der Waals surface area contributed by atoms with Crippen LogP contribution in [-0.4, -0.2) is 38.6 Å². The lowest BCUT2D eigenvalue weighted by molar-refractivity contribution is 0.0711. The molecule has 29 heavy (non-hydrogen) atoms. The van der Waals surface area contributed by atoms with Gasteiger partial charge in [0.15, 0.2) is 5.76 Å². The lowest BCUT2D eigenvalue weighted by atomic mass is 9.93. The minimum absolute atomic E-state index is 0.0653. The van der Waals surface area contributed by atoms with Crippen LogP contribution in [0.4, 0.5) is 0 Å². The number of carbonyl (C=O) groups is 1. The number of hydrogen-bond acceptors (Lipinski definition) is 4. The molecule has 6 nitrogen and oxygen atoms in total. The molecule has 4 aromatic rings. The van der Waals surface area contributed by atoms with Gasteiger partial charge in [-0.2, -0.15) is 0 Å². The van der Waals surface area contributed by atoms with Crippen LogP contribution in [0.2, 0.25) is 0 Å². The number of imidazole rings is 1. The molecule has 0 bridgehead atoms. The summed E-state index contributed by atoms with van der Waals surface area (Å²) in [5.74, 6) is 1.22. The number of rotatable bonds is 3. The number of hydrogen-bond donors (Lipinski definition) is 0. The highest BCUT2D eigenvalue weighted by Gasteiger charge is 2.26. The van der Waals surface area contributed by atoms with Crippen molar-refractivity contribution in [2.45, 2.75) is 18.8 Å². The van der Waals surface area contributed by atoms with Crippen molar-refractivity contribution < 1.29 is 9.32 Å². The number of nitrogens with zero attached hydrogens (tertiary/aromatic N) is 4. The first kappa shape index (κ1) is 17.7. The third-order valence-electron chi connectivity index (χ3n) is 5.81. The number of aromatic nitrogens is 3. The molecule has 1 fully saturated rings. The number of piperidine rings is 1. The number of amides is 1. The van der Waals surface area contributed by atoms with Crippen LogP contribution in [-0.2, 0) is 7.05 Å². The maximum atomic E-state index is 13.1. The monoisotopic (exact) mass is 386 g/mol. The molecular formula is C23H22N4O2. The first-order valence-corrected chi connectivity index (χ1v) is 9.91. The minimum Gasteiger partial charge on any atom is -0.355 e. The van der Waals surface area contributed by atoms with E-state index in [9.17, 15) is 4.79 Å². The largest absolute Gasteiger partial charge is 0.355 e. The van der Waals surface area contributed by atoms with Crippen LogP contribution in [0.15, 0.2) is 65.6 Å². The van der Waals surface area contributed by atoms with Crippen LogP contribution in [0.1, 0.15) is 34.8 Å². The summed E-state index contributed by atoms with van der Waals surface area (Å²) in [6.07, 6.45) is 5.69. The van der Waals surface area contributed by atoms with Crippen molar-refractivity contribution in [3.63, 3.8) is 0 Å². The zero-order chi connectivity index (χ0) is 19.8. The summed E-state index contributed by atoms with van der Waals surface area (Å²) < 4.78 is 7.64. The van der Waals surface area contributed by atoms with Gasteiger partial charge >= 0.3 is 0 Å². The van der Waals surface area contributed by atoms with Gasteiger partial charge in [0.05, 0.1) is 11.7 Å². The van der Waals surface area contributed by atoms with Crippen molar-refractivity contribution >= 4 is 16.8 Å². The average molecular weight is 386 g/mol. The fraction of sp³-hybridized carbons (Fsp3) is 0.261. The Morgan fingerprint density at radius 3 is 2.62 bits per heavy atom. The predicted octanol–water partition coefficient (Wildman–Crippen LogP) is 4.25. The Balaban J connectivity index is 1.37. The van der Waals surface area contributed by atoms with Gasteiger partial charge in [-0.15, -0.1) is 0 Å². The normalized spacial score (nSPS) is 15.1. The zero-order valence-electron chi connectivity index (χ0n) is 16.3. The van der Waals surface area contributed by atoms with E-state index in [4.69, 9.17) is 4.52 Å². The van der Waals surface area contributed by atoms with E-state index in [1.54, 1.807) is 0 Å². The molecule has 3 heterocycles. The highest BCUT2D eigenvalue weighted by Crippen LogP contribution is 2.31. The smallest absolute Gasteiger partial charge is 0.253 e. The van der Waals surface area contributed by atoms with E-state index >= 15 is 0 Å². The average Bonchev–Trinajstić information content (AvgIpc) is 3.39. The highest BCUT2D eigenvalue weighted by molar-refractivity contribution is 6.01. The standard InChI is InChI=1S/C23H22N4O2/c1-26-15-24-14-21(26)16-9-11-27(12-10-16)23(28)18-7-8-20-19(13-18)22(29-25-20)17-5-3-2-4-6-17/h2-8,13-16H,9-12H2,1H3. The Morgan fingerprint density at radius 2 is 1.90 bits per heavy atom. The quantitative estimate of drug-likeness (QED) is 0.528. The molecule has 0 N–H and O–H groups in total. The Hall–Kier alpha value is -3.41. The van der Waals surface area contributed by atoms with E-state index in [1.165, 1.54) is 5.69 Å². The highest BCUT2D eigenvalue weighted by atomic mass is 16.5. The summed E-state index contributed by atoms with van der Waals surface area (Å²) in [7, 11) is 2.03. The van der Waals surface area contributed by atoms with Gasteiger partial charge in [-0.1, -0.05) is 35.5 Å². The van der Waals surface area contributed by atoms with E-state index in [0.29, 0.717) is 17.2 Å². The van der Waals surface area contributed by atoms with Crippen LogP contribution in [0.25, 0.3) is 22.2 Å². The third kappa shape index (κ3) is 3.20. The van der Waals surface area contributed by atoms with Crippen LogP contribution in [0, 0.1) is 0 Å².